The molecule has 1 unspecified atom stereocenters. The highest BCUT2D eigenvalue weighted by atomic mass is 16.5. The van der Waals surface area contributed by atoms with Crippen molar-refractivity contribution in [3.63, 3.8) is 0 Å². The van der Waals surface area contributed by atoms with Crippen LogP contribution in [-0.2, 0) is 20.9 Å². The van der Waals surface area contributed by atoms with Crippen molar-refractivity contribution in [1.29, 1.82) is 0 Å². The first-order valence-electron chi connectivity index (χ1n) is 19.7. The van der Waals surface area contributed by atoms with Gasteiger partial charge >= 0.3 is 0 Å². The lowest BCUT2D eigenvalue weighted by Crippen LogP contribution is -2.53. The summed E-state index contributed by atoms with van der Waals surface area (Å²) >= 11 is 0. The van der Waals surface area contributed by atoms with E-state index >= 15 is 0 Å². The maximum absolute atomic E-state index is 12.6. The summed E-state index contributed by atoms with van der Waals surface area (Å²) in [4.78, 5) is 48.4. The predicted molar refractivity (Wildman–Crippen MR) is 209 cm³/mol. The third kappa shape index (κ3) is 7.78. The Morgan fingerprint density at radius 2 is 1.65 bits per heavy atom. The minimum absolute atomic E-state index is 0.168. The normalized spacial score (nSPS) is 21.3. The number of carbonyl (C=O) groups is 2. The summed E-state index contributed by atoms with van der Waals surface area (Å²) in [6.45, 7) is 12.9. The van der Waals surface area contributed by atoms with E-state index in [0.717, 1.165) is 124 Å². The van der Waals surface area contributed by atoms with Gasteiger partial charge in [0, 0.05) is 103 Å². The Labute approximate surface area is 317 Å². The SMILES string of the molecule is COC1CCN(c2nccc(Nc3cc4c(cn3)c(N3CCC(N5CCN(Cc6ccccc6C6CCC(=O)NC6=O)CC5)CC3)nn4C(C)C)n2)CC1. The van der Waals surface area contributed by atoms with E-state index in [4.69, 9.17) is 19.8 Å². The number of carbonyl (C=O) groups excluding carboxylic acids is 2. The summed E-state index contributed by atoms with van der Waals surface area (Å²) in [6, 6.07) is 13.0. The summed E-state index contributed by atoms with van der Waals surface area (Å²) in [7, 11) is 1.78. The van der Waals surface area contributed by atoms with E-state index in [1.165, 1.54) is 5.56 Å². The molecule has 2 amide bonds. The number of nitrogens with zero attached hydrogens (tertiary/aromatic N) is 9. The van der Waals surface area contributed by atoms with Gasteiger partial charge in [0.2, 0.25) is 17.8 Å². The molecule has 1 aromatic carbocycles. The van der Waals surface area contributed by atoms with Gasteiger partial charge in [0.25, 0.3) is 0 Å². The number of rotatable bonds is 10. The van der Waals surface area contributed by atoms with Crippen molar-refractivity contribution in [2.24, 2.45) is 0 Å². The van der Waals surface area contributed by atoms with Crippen molar-refractivity contribution in [2.45, 2.75) is 83.0 Å². The highest BCUT2D eigenvalue weighted by molar-refractivity contribution is 6.01. The molecule has 4 aliphatic heterocycles. The van der Waals surface area contributed by atoms with Gasteiger partial charge in [0.1, 0.15) is 11.6 Å². The van der Waals surface area contributed by atoms with E-state index in [0.29, 0.717) is 25.0 Å². The average molecular weight is 736 g/mol. The molecule has 0 aliphatic carbocycles. The summed E-state index contributed by atoms with van der Waals surface area (Å²) < 4.78 is 7.65. The number of amides is 2. The van der Waals surface area contributed by atoms with Gasteiger partial charge in [-0.1, -0.05) is 24.3 Å². The van der Waals surface area contributed by atoms with Gasteiger partial charge in [-0.15, -0.1) is 0 Å². The van der Waals surface area contributed by atoms with Crippen LogP contribution in [0.4, 0.5) is 23.4 Å². The molecule has 1 atom stereocenters. The van der Waals surface area contributed by atoms with Crippen molar-refractivity contribution in [3.05, 3.63) is 59.9 Å². The van der Waals surface area contributed by atoms with Gasteiger partial charge in [0.05, 0.1) is 22.9 Å². The molecular weight excluding hydrogens is 683 g/mol. The van der Waals surface area contributed by atoms with Gasteiger partial charge < -0.3 is 19.9 Å². The van der Waals surface area contributed by atoms with Crippen LogP contribution in [0.5, 0.6) is 0 Å². The fraction of sp³-hybridized carbons (Fsp3) is 0.550. The van der Waals surface area contributed by atoms with E-state index in [9.17, 15) is 9.59 Å². The number of ether oxygens (including phenoxy) is 1. The standard InChI is InChI=1S/C40H53N11O3/c1-27(2)51-34-24-36(43-35-10-15-41-40(44-35)50-18-13-30(54-3)14-19-50)42-25-33(34)38(46-51)49-16-11-29(12-17-49)48-22-20-47(21-23-48)26-28-6-4-5-7-31(28)32-8-9-37(52)45-39(32)53/h4-7,10,15,24-25,27,29-30,32H,8-9,11-14,16-23,26H2,1-3H3,(H,45,52,53)(H,41,42,43,44). The number of pyridine rings is 1. The fourth-order valence-corrected chi connectivity index (χ4v) is 8.68. The van der Waals surface area contributed by atoms with Crippen LogP contribution in [0.1, 0.15) is 75.5 Å². The maximum atomic E-state index is 12.6. The summed E-state index contributed by atoms with van der Waals surface area (Å²) in [6.07, 6.45) is 9.18. The van der Waals surface area contributed by atoms with E-state index in [1.807, 2.05) is 18.3 Å². The lowest BCUT2D eigenvalue weighted by Gasteiger charge is -2.43. The second kappa shape index (κ2) is 16.0. The van der Waals surface area contributed by atoms with Gasteiger partial charge in [-0.05, 0) is 63.1 Å². The molecule has 14 nitrogen and oxygen atoms in total. The van der Waals surface area contributed by atoms with Crippen LogP contribution in [0.25, 0.3) is 10.9 Å². The molecule has 0 spiro atoms. The number of anilines is 4. The van der Waals surface area contributed by atoms with Crippen LogP contribution in [0.3, 0.4) is 0 Å². The van der Waals surface area contributed by atoms with E-state index in [1.54, 1.807) is 13.3 Å². The van der Waals surface area contributed by atoms with Gasteiger partial charge in [-0.25, -0.2) is 9.97 Å². The van der Waals surface area contributed by atoms with Crippen molar-refractivity contribution in [1.82, 2.24) is 39.8 Å². The van der Waals surface area contributed by atoms with Crippen molar-refractivity contribution >= 4 is 46.1 Å². The van der Waals surface area contributed by atoms with E-state index in [2.05, 4.69) is 78.0 Å². The summed E-state index contributed by atoms with van der Waals surface area (Å²) in [5.74, 6) is 2.60. The van der Waals surface area contributed by atoms with E-state index in [-0.39, 0.29) is 23.8 Å². The smallest absolute Gasteiger partial charge is 0.234 e. The maximum Gasteiger partial charge on any atom is 0.234 e. The Morgan fingerprint density at radius 3 is 2.39 bits per heavy atom. The number of benzene rings is 1. The quantitative estimate of drug-likeness (QED) is 0.223. The molecule has 2 N–H and O–H groups in total. The topological polar surface area (TPSA) is 137 Å². The number of piperidine rings is 3. The number of hydrogen-bond donors (Lipinski definition) is 2. The number of fused-ring (bicyclic) bond motifs is 1. The highest BCUT2D eigenvalue weighted by Gasteiger charge is 2.32. The molecule has 54 heavy (non-hydrogen) atoms. The first-order valence-corrected chi connectivity index (χ1v) is 19.7. The molecule has 14 heteroatoms. The molecule has 8 rings (SSSR count). The molecule has 286 valence electrons. The van der Waals surface area contributed by atoms with Crippen LogP contribution in [0, 0.1) is 0 Å². The molecular formula is C40H53N11O3. The lowest BCUT2D eigenvalue weighted by molar-refractivity contribution is -0.134. The summed E-state index contributed by atoms with van der Waals surface area (Å²) in [5, 5.41) is 12.2. The largest absolute Gasteiger partial charge is 0.381 e. The molecule has 0 bridgehead atoms. The zero-order valence-electron chi connectivity index (χ0n) is 31.8. The van der Waals surface area contributed by atoms with Crippen molar-refractivity contribution in [2.75, 3.05) is 74.6 Å². The third-order valence-corrected chi connectivity index (χ3v) is 11.8. The number of aromatic nitrogens is 5. The molecule has 0 saturated carbocycles. The van der Waals surface area contributed by atoms with Crippen LogP contribution in [-0.4, -0.2) is 118 Å². The molecule has 7 heterocycles. The first kappa shape index (κ1) is 36.3. The monoisotopic (exact) mass is 735 g/mol. The number of nitrogens with one attached hydrogen (secondary N) is 2. The molecule has 4 saturated heterocycles. The van der Waals surface area contributed by atoms with E-state index < -0.39 is 0 Å². The van der Waals surface area contributed by atoms with Gasteiger partial charge in [0.15, 0.2) is 5.82 Å². The number of methoxy groups -OCH3 is 1. The Bertz CT molecular complexity index is 1940. The van der Waals surface area contributed by atoms with Gasteiger partial charge in [-0.2, -0.15) is 10.1 Å². The van der Waals surface area contributed by atoms with Crippen LogP contribution >= 0.6 is 0 Å². The minimum atomic E-state index is -0.253. The van der Waals surface area contributed by atoms with Crippen molar-refractivity contribution in [3.8, 4) is 0 Å². The molecule has 3 aromatic heterocycles. The highest BCUT2D eigenvalue weighted by Crippen LogP contribution is 2.33. The lowest BCUT2D eigenvalue weighted by atomic mass is 9.87. The number of piperazine rings is 1. The average Bonchev–Trinajstić information content (AvgIpc) is 3.58. The molecule has 4 aliphatic rings. The second-order valence-electron chi connectivity index (χ2n) is 15.5. The third-order valence-electron chi connectivity index (χ3n) is 11.8. The number of hydrogen-bond acceptors (Lipinski definition) is 12. The summed E-state index contributed by atoms with van der Waals surface area (Å²) in [5.41, 5.74) is 3.31. The Hall–Kier alpha value is -4.66. The molecule has 0 radical (unpaired) electrons. The first-order chi connectivity index (χ1) is 26.3. The number of imide groups is 1. The van der Waals surface area contributed by atoms with Crippen LogP contribution in [0.2, 0.25) is 0 Å². The van der Waals surface area contributed by atoms with Crippen molar-refractivity contribution < 1.29 is 14.3 Å². The zero-order chi connectivity index (χ0) is 37.2. The zero-order valence-corrected chi connectivity index (χ0v) is 31.8. The molecule has 4 fully saturated rings. The Balaban J connectivity index is 0.876. The Morgan fingerprint density at radius 1 is 0.889 bits per heavy atom. The molecule has 4 aromatic rings. The predicted octanol–water partition coefficient (Wildman–Crippen LogP) is 4.47. The Kier molecular flexibility index (Phi) is 10.7. The van der Waals surface area contributed by atoms with Gasteiger partial charge in [-0.3, -0.25) is 29.4 Å². The minimum Gasteiger partial charge on any atom is -0.381 e. The second-order valence-corrected chi connectivity index (χ2v) is 15.5. The fourth-order valence-electron chi connectivity index (χ4n) is 8.68. The van der Waals surface area contributed by atoms with Crippen LogP contribution in [0.15, 0.2) is 48.8 Å². The van der Waals surface area contributed by atoms with Crippen LogP contribution < -0.4 is 20.4 Å².